The highest BCUT2D eigenvalue weighted by Crippen LogP contribution is 2.53. The monoisotopic (exact) mass is 401 g/mol. The number of pyridine rings is 1. The molecule has 152 valence electrons. The molecule has 29 heavy (non-hydrogen) atoms. The standard InChI is InChI=1S/C21H21F2N3O3/c22-15-5-4-14(11-16(15)23)20(29)25-9-6-21(7-10-25)12-17(21)24-18(27)13-26-8-2-1-3-19(26)28/h1-5,8,11,17H,6-7,9-10,12-13H2,(H,24,27). The molecule has 2 fully saturated rings. The van der Waals surface area contributed by atoms with Crippen molar-refractivity contribution in [2.24, 2.45) is 5.41 Å². The van der Waals surface area contributed by atoms with Gasteiger partial charge in [0, 0.05) is 37.0 Å². The van der Waals surface area contributed by atoms with Crippen molar-refractivity contribution in [2.45, 2.75) is 31.8 Å². The maximum atomic E-state index is 13.4. The number of carbonyl (C=O) groups excluding carboxylic acids is 2. The van der Waals surface area contributed by atoms with Gasteiger partial charge in [-0.25, -0.2) is 8.78 Å². The average Bonchev–Trinajstić information content (AvgIpc) is 3.36. The lowest BCUT2D eigenvalue weighted by Crippen LogP contribution is -2.42. The van der Waals surface area contributed by atoms with E-state index < -0.39 is 11.6 Å². The molecule has 1 atom stereocenters. The summed E-state index contributed by atoms with van der Waals surface area (Å²) >= 11 is 0. The zero-order chi connectivity index (χ0) is 20.6. The van der Waals surface area contributed by atoms with Crippen molar-refractivity contribution >= 4 is 11.8 Å². The van der Waals surface area contributed by atoms with E-state index in [4.69, 9.17) is 0 Å². The number of piperidine rings is 1. The van der Waals surface area contributed by atoms with Gasteiger partial charge in [0.05, 0.1) is 0 Å². The van der Waals surface area contributed by atoms with E-state index >= 15 is 0 Å². The molecule has 6 nitrogen and oxygen atoms in total. The van der Waals surface area contributed by atoms with Gasteiger partial charge in [0.15, 0.2) is 11.6 Å². The summed E-state index contributed by atoms with van der Waals surface area (Å²) in [4.78, 5) is 38.1. The van der Waals surface area contributed by atoms with E-state index in [0.717, 1.165) is 31.4 Å². The van der Waals surface area contributed by atoms with Crippen LogP contribution in [0, 0.1) is 17.0 Å². The third-order valence-corrected chi connectivity index (χ3v) is 5.95. The molecular formula is C21H21F2N3O3. The maximum absolute atomic E-state index is 13.4. The Hall–Kier alpha value is -3.03. The summed E-state index contributed by atoms with van der Waals surface area (Å²) < 4.78 is 27.8. The Bertz CT molecular complexity index is 1010. The van der Waals surface area contributed by atoms with Crippen LogP contribution in [0.5, 0.6) is 0 Å². The van der Waals surface area contributed by atoms with Gasteiger partial charge >= 0.3 is 0 Å². The van der Waals surface area contributed by atoms with Gasteiger partial charge in [-0.2, -0.15) is 0 Å². The van der Waals surface area contributed by atoms with E-state index in [-0.39, 0.29) is 40.9 Å². The summed E-state index contributed by atoms with van der Waals surface area (Å²) in [6.07, 6.45) is 3.89. The molecule has 1 aromatic carbocycles. The van der Waals surface area contributed by atoms with Crippen LogP contribution in [0.15, 0.2) is 47.4 Å². The average molecular weight is 401 g/mol. The number of rotatable bonds is 4. The molecular weight excluding hydrogens is 380 g/mol. The van der Waals surface area contributed by atoms with Crippen molar-refractivity contribution in [3.8, 4) is 0 Å². The molecule has 1 N–H and O–H groups in total. The largest absolute Gasteiger partial charge is 0.351 e. The fraction of sp³-hybridized carbons (Fsp3) is 0.381. The molecule has 4 rings (SSSR count). The van der Waals surface area contributed by atoms with Crippen LogP contribution in [0.25, 0.3) is 0 Å². The first-order chi connectivity index (χ1) is 13.9. The van der Waals surface area contributed by atoms with Crippen molar-refractivity contribution in [3.05, 3.63) is 70.1 Å². The maximum Gasteiger partial charge on any atom is 0.253 e. The minimum absolute atomic E-state index is 0.0208. The van der Waals surface area contributed by atoms with Gasteiger partial charge in [0.25, 0.3) is 11.5 Å². The molecule has 1 unspecified atom stereocenters. The van der Waals surface area contributed by atoms with Crippen molar-refractivity contribution < 1.29 is 18.4 Å². The van der Waals surface area contributed by atoms with Crippen LogP contribution in [0.3, 0.4) is 0 Å². The number of hydrogen-bond acceptors (Lipinski definition) is 3. The van der Waals surface area contributed by atoms with E-state index in [1.807, 2.05) is 0 Å². The first kappa shape index (κ1) is 19.3. The second-order valence-corrected chi connectivity index (χ2v) is 7.77. The van der Waals surface area contributed by atoms with Crippen LogP contribution in [0.2, 0.25) is 0 Å². The summed E-state index contributed by atoms with van der Waals surface area (Å²) in [5, 5.41) is 2.99. The molecule has 0 bridgehead atoms. The molecule has 1 spiro atoms. The van der Waals surface area contributed by atoms with Crippen molar-refractivity contribution in [3.63, 3.8) is 0 Å². The Labute approximate surface area is 166 Å². The Kier molecular flexibility index (Phi) is 4.94. The Balaban J connectivity index is 1.30. The smallest absolute Gasteiger partial charge is 0.253 e. The fourth-order valence-corrected chi connectivity index (χ4v) is 4.06. The normalized spacial score (nSPS) is 19.8. The predicted molar refractivity (Wildman–Crippen MR) is 101 cm³/mol. The van der Waals surface area contributed by atoms with Crippen LogP contribution in [-0.2, 0) is 11.3 Å². The highest BCUT2D eigenvalue weighted by atomic mass is 19.2. The van der Waals surface area contributed by atoms with Crippen LogP contribution in [0.1, 0.15) is 29.6 Å². The van der Waals surface area contributed by atoms with Gasteiger partial charge in [-0.15, -0.1) is 0 Å². The van der Waals surface area contributed by atoms with E-state index in [1.54, 1.807) is 23.2 Å². The van der Waals surface area contributed by atoms with Gasteiger partial charge in [0.1, 0.15) is 6.54 Å². The van der Waals surface area contributed by atoms with Crippen LogP contribution in [0.4, 0.5) is 8.78 Å². The molecule has 2 aliphatic rings. The van der Waals surface area contributed by atoms with E-state index in [9.17, 15) is 23.2 Å². The topological polar surface area (TPSA) is 71.4 Å². The van der Waals surface area contributed by atoms with Gasteiger partial charge < -0.3 is 14.8 Å². The van der Waals surface area contributed by atoms with Gasteiger partial charge in [-0.05, 0) is 48.9 Å². The van der Waals surface area contributed by atoms with Crippen molar-refractivity contribution in [2.75, 3.05) is 13.1 Å². The summed E-state index contributed by atoms with van der Waals surface area (Å²) in [5.41, 5.74) is -0.117. The summed E-state index contributed by atoms with van der Waals surface area (Å²) in [6, 6.07) is 7.94. The summed E-state index contributed by atoms with van der Waals surface area (Å²) in [6.45, 7) is 0.984. The molecule has 1 saturated carbocycles. The van der Waals surface area contributed by atoms with Gasteiger partial charge in [0.2, 0.25) is 5.91 Å². The predicted octanol–water partition coefficient (Wildman–Crippen LogP) is 1.94. The number of likely N-dealkylation sites (tertiary alicyclic amines) is 1. The van der Waals surface area contributed by atoms with Gasteiger partial charge in [-0.1, -0.05) is 6.07 Å². The number of carbonyl (C=O) groups is 2. The minimum atomic E-state index is -1.04. The number of halogens is 2. The quantitative estimate of drug-likeness (QED) is 0.851. The number of nitrogens with zero attached hydrogens (tertiary/aromatic N) is 2. The van der Waals surface area contributed by atoms with Crippen molar-refractivity contribution in [1.29, 1.82) is 0 Å². The molecule has 2 aromatic rings. The highest BCUT2D eigenvalue weighted by molar-refractivity contribution is 5.94. The van der Waals surface area contributed by atoms with Crippen LogP contribution >= 0.6 is 0 Å². The molecule has 1 aliphatic carbocycles. The molecule has 2 heterocycles. The first-order valence-electron chi connectivity index (χ1n) is 9.57. The number of amides is 2. The molecule has 1 aliphatic heterocycles. The van der Waals surface area contributed by atoms with Crippen LogP contribution < -0.4 is 10.9 Å². The third-order valence-electron chi connectivity index (χ3n) is 5.95. The Morgan fingerprint density at radius 2 is 1.86 bits per heavy atom. The lowest BCUT2D eigenvalue weighted by molar-refractivity contribution is -0.122. The summed E-state index contributed by atoms with van der Waals surface area (Å²) in [7, 11) is 0. The van der Waals surface area contributed by atoms with Crippen LogP contribution in [-0.4, -0.2) is 40.4 Å². The zero-order valence-corrected chi connectivity index (χ0v) is 15.7. The Morgan fingerprint density at radius 3 is 2.55 bits per heavy atom. The molecule has 1 saturated heterocycles. The second kappa shape index (κ2) is 7.42. The summed E-state index contributed by atoms with van der Waals surface area (Å²) in [5.74, 6) is -2.54. The molecule has 1 aromatic heterocycles. The molecule has 8 heteroatoms. The van der Waals surface area contributed by atoms with E-state index in [0.29, 0.717) is 13.1 Å². The number of nitrogens with one attached hydrogen (secondary N) is 1. The molecule has 2 amide bonds. The number of benzene rings is 1. The highest BCUT2D eigenvalue weighted by Gasteiger charge is 2.55. The molecule has 0 radical (unpaired) electrons. The van der Waals surface area contributed by atoms with Crippen molar-refractivity contribution in [1.82, 2.24) is 14.8 Å². The SMILES string of the molecule is O=C(Cn1ccccc1=O)NC1CC12CCN(C(=O)c1ccc(F)c(F)c1)CC2. The third kappa shape index (κ3) is 3.92. The fourth-order valence-electron chi connectivity index (χ4n) is 4.06. The zero-order valence-electron chi connectivity index (χ0n) is 15.7. The number of aromatic nitrogens is 1. The van der Waals surface area contributed by atoms with E-state index in [2.05, 4.69) is 5.32 Å². The lowest BCUT2D eigenvalue weighted by atomic mass is 9.92. The minimum Gasteiger partial charge on any atom is -0.351 e. The van der Waals surface area contributed by atoms with Gasteiger partial charge in [-0.3, -0.25) is 14.4 Å². The Morgan fingerprint density at radius 1 is 1.10 bits per heavy atom. The first-order valence-corrected chi connectivity index (χ1v) is 9.57. The lowest BCUT2D eigenvalue weighted by Gasteiger charge is -2.33. The second-order valence-electron chi connectivity index (χ2n) is 7.77. The van der Waals surface area contributed by atoms with E-state index in [1.165, 1.54) is 16.7 Å². The number of hydrogen-bond donors (Lipinski definition) is 1.